The van der Waals surface area contributed by atoms with E-state index < -0.39 is 11.9 Å². The van der Waals surface area contributed by atoms with Crippen LogP contribution in [-0.2, 0) is 11.2 Å². The summed E-state index contributed by atoms with van der Waals surface area (Å²) in [6, 6.07) is 9.44. The minimum Gasteiger partial charge on any atom is -0.481 e. The van der Waals surface area contributed by atoms with Gasteiger partial charge in [-0.15, -0.1) is 11.3 Å². The van der Waals surface area contributed by atoms with Gasteiger partial charge in [-0.3, -0.25) is 4.79 Å². The molecule has 0 bridgehead atoms. The maximum atomic E-state index is 11.4. The van der Waals surface area contributed by atoms with Crippen molar-refractivity contribution in [3.8, 4) is 0 Å². The molecule has 1 unspecified atom stereocenters. The number of carboxylic acids is 1. The Labute approximate surface area is 126 Å². The quantitative estimate of drug-likeness (QED) is 0.823. The van der Waals surface area contributed by atoms with E-state index in [2.05, 4.69) is 31.9 Å². The van der Waals surface area contributed by atoms with Crippen molar-refractivity contribution in [3.63, 3.8) is 0 Å². The Balaban J connectivity index is 2.30. The number of carbonyl (C=O) groups is 1. The van der Waals surface area contributed by atoms with E-state index in [4.69, 9.17) is 0 Å². The molecular weight excluding hydrogens is 380 g/mol. The molecule has 2 rings (SSSR count). The van der Waals surface area contributed by atoms with Gasteiger partial charge < -0.3 is 5.11 Å². The molecule has 0 amide bonds. The van der Waals surface area contributed by atoms with E-state index in [0.29, 0.717) is 6.42 Å². The first-order valence-corrected chi connectivity index (χ1v) is 7.74. The van der Waals surface area contributed by atoms with Gasteiger partial charge in [-0.25, -0.2) is 0 Å². The topological polar surface area (TPSA) is 37.3 Å². The fraction of sp³-hybridized carbons (Fsp3) is 0.154. The molecule has 1 N–H and O–H groups in total. The first-order valence-electron chi connectivity index (χ1n) is 5.28. The van der Waals surface area contributed by atoms with Crippen LogP contribution in [-0.4, -0.2) is 11.1 Å². The second-order valence-corrected chi connectivity index (χ2v) is 6.61. The summed E-state index contributed by atoms with van der Waals surface area (Å²) in [5.41, 5.74) is 0.814. The van der Waals surface area contributed by atoms with Crippen molar-refractivity contribution in [1.82, 2.24) is 0 Å². The summed E-state index contributed by atoms with van der Waals surface area (Å²) < 4.78 is 1.84. The number of halogens is 2. The average molecular weight is 390 g/mol. The van der Waals surface area contributed by atoms with Crippen LogP contribution >= 0.6 is 43.2 Å². The first kappa shape index (κ1) is 13.8. The van der Waals surface area contributed by atoms with Crippen LogP contribution in [0.1, 0.15) is 16.4 Å². The molecule has 5 heteroatoms. The summed E-state index contributed by atoms with van der Waals surface area (Å²) in [5, 5.41) is 11.4. The summed E-state index contributed by atoms with van der Waals surface area (Å²) in [5.74, 6) is -1.32. The molecule has 0 aliphatic heterocycles. The van der Waals surface area contributed by atoms with E-state index in [1.54, 1.807) is 11.3 Å². The van der Waals surface area contributed by atoms with Crippen molar-refractivity contribution in [3.05, 3.63) is 55.1 Å². The van der Waals surface area contributed by atoms with Gasteiger partial charge in [-0.1, -0.05) is 34.1 Å². The van der Waals surface area contributed by atoms with E-state index in [1.165, 1.54) is 0 Å². The number of hydrogen-bond donors (Lipinski definition) is 1. The molecule has 0 saturated carbocycles. The number of hydrogen-bond acceptors (Lipinski definition) is 2. The van der Waals surface area contributed by atoms with Crippen LogP contribution in [0.25, 0.3) is 0 Å². The highest BCUT2D eigenvalue weighted by molar-refractivity contribution is 9.10. The predicted octanol–water partition coefficient (Wildman–Crippen LogP) is 4.68. The molecule has 2 aromatic rings. The van der Waals surface area contributed by atoms with Crippen molar-refractivity contribution >= 4 is 49.2 Å². The number of carboxylic acid groups (broad SMARTS) is 1. The molecular formula is C13H10Br2O2S. The van der Waals surface area contributed by atoms with Crippen LogP contribution in [0.3, 0.4) is 0 Å². The SMILES string of the molecule is O=C(O)C(Cc1cc(Br)cs1)c1ccccc1Br. The van der Waals surface area contributed by atoms with Crippen molar-refractivity contribution in [2.75, 3.05) is 0 Å². The van der Waals surface area contributed by atoms with Crippen LogP contribution in [0.4, 0.5) is 0 Å². The summed E-state index contributed by atoms with van der Waals surface area (Å²) in [6.45, 7) is 0. The summed E-state index contributed by atoms with van der Waals surface area (Å²) in [6.07, 6.45) is 0.508. The lowest BCUT2D eigenvalue weighted by Gasteiger charge is -2.13. The molecule has 0 aliphatic carbocycles. The van der Waals surface area contributed by atoms with E-state index in [0.717, 1.165) is 19.4 Å². The fourth-order valence-corrected chi connectivity index (χ4v) is 3.81. The van der Waals surface area contributed by atoms with Gasteiger partial charge in [0.15, 0.2) is 0 Å². The zero-order valence-electron chi connectivity index (χ0n) is 9.27. The number of thiophene rings is 1. The van der Waals surface area contributed by atoms with Crippen molar-refractivity contribution in [2.24, 2.45) is 0 Å². The molecule has 0 spiro atoms. The largest absolute Gasteiger partial charge is 0.481 e. The Morgan fingerprint density at radius 2 is 2.06 bits per heavy atom. The maximum Gasteiger partial charge on any atom is 0.311 e. The van der Waals surface area contributed by atoms with Crippen LogP contribution in [0.2, 0.25) is 0 Å². The summed E-state index contributed by atoms with van der Waals surface area (Å²) >= 11 is 8.37. The van der Waals surface area contributed by atoms with Crippen LogP contribution in [0.5, 0.6) is 0 Å². The molecule has 1 aromatic carbocycles. The summed E-state index contributed by atoms with van der Waals surface area (Å²) in [7, 11) is 0. The van der Waals surface area contributed by atoms with E-state index in [9.17, 15) is 9.90 Å². The van der Waals surface area contributed by atoms with Gasteiger partial charge in [0.1, 0.15) is 0 Å². The highest BCUT2D eigenvalue weighted by Crippen LogP contribution is 2.31. The smallest absolute Gasteiger partial charge is 0.311 e. The molecule has 0 aliphatic rings. The lowest BCUT2D eigenvalue weighted by atomic mass is 9.95. The Hall–Kier alpha value is -0.650. The van der Waals surface area contributed by atoms with Crippen molar-refractivity contribution in [1.29, 1.82) is 0 Å². The minimum absolute atomic E-state index is 0.508. The zero-order valence-corrected chi connectivity index (χ0v) is 13.3. The van der Waals surface area contributed by atoms with Crippen LogP contribution < -0.4 is 0 Å². The molecule has 18 heavy (non-hydrogen) atoms. The Morgan fingerprint density at radius 1 is 1.33 bits per heavy atom. The van der Waals surface area contributed by atoms with Gasteiger partial charge in [-0.2, -0.15) is 0 Å². The van der Waals surface area contributed by atoms with E-state index in [-0.39, 0.29) is 0 Å². The Morgan fingerprint density at radius 3 is 2.61 bits per heavy atom. The minimum atomic E-state index is -0.800. The molecule has 1 heterocycles. The third-order valence-electron chi connectivity index (χ3n) is 2.61. The predicted molar refractivity (Wildman–Crippen MR) is 80.2 cm³/mol. The maximum absolute atomic E-state index is 11.4. The van der Waals surface area contributed by atoms with Gasteiger partial charge in [0.25, 0.3) is 0 Å². The number of benzene rings is 1. The molecule has 1 aromatic heterocycles. The van der Waals surface area contributed by atoms with Gasteiger partial charge in [0, 0.05) is 19.2 Å². The third-order valence-corrected chi connectivity index (χ3v) is 5.05. The molecule has 94 valence electrons. The fourth-order valence-electron chi connectivity index (χ4n) is 1.75. The third kappa shape index (κ3) is 3.22. The lowest BCUT2D eigenvalue weighted by Crippen LogP contribution is -2.14. The monoisotopic (exact) mass is 388 g/mol. The number of rotatable bonds is 4. The molecule has 2 nitrogen and oxygen atoms in total. The second kappa shape index (κ2) is 5.99. The molecule has 0 fully saturated rings. The van der Waals surface area contributed by atoms with E-state index in [1.807, 2.05) is 35.7 Å². The van der Waals surface area contributed by atoms with Gasteiger partial charge in [0.05, 0.1) is 5.92 Å². The highest BCUT2D eigenvalue weighted by Gasteiger charge is 2.22. The van der Waals surface area contributed by atoms with Gasteiger partial charge in [-0.05, 0) is 40.0 Å². The van der Waals surface area contributed by atoms with Crippen molar-refractivity contribution in [2.45, 2.75) is 12.3 Å². The van der Waals surface area contributed by atoms with Crippen molar-refractivity contribution < 1.29 is 9.90 Å². The molecule has 1 atom stereocenters. The summed E-state index contributed by atoms with van der Waals surface area (Å²) in [4.78, 5) is 12.5. The lowest BCUT2D eigenvalue weighted by molar-refractivity contribution is -0.138. The molecule has 0 saturated heterocycles. The first-order chi connectivity index (χ1) is 8.58. The normalized spacial score (nSPS) is 12.3. The second-order valence-electron chi connectivity index (χ2n) is 3.85. The Bertz CT molecular complexity index is 566. The standard InChI is InChI=1S/C13H10Br2O2S/c14-8-5-9(18-7-8)6-11(13(16)17)10-3-1-2-4-12(10)15/h1-5,7,11H,6H2,(H,16,17). The van der Waals surface area contributed by atoms with Gasteiger partial charge in [0.2, 0.25) is 0 Å². The Kier molecular flexibility index (Phi) is 4.59. The number of aliphatic carboxylic acids is 1. The average Bonchev–Trinajstić information content (AvgIpc) is 2.73. The highest BCUT2D eigenvalue weighted by atomic mass is 79.9. The van der Waals surface area contributed by atoms with E-state index >= 15 is 0 Å². The molecule has 0 radical (unpaired) electrons. The van der Waals surface area contributed by atoms with Crippen LogP contribution in [0.15, 0.2) is 44.7 Å². The zero-order chi connectivity index (χ0) is 13.1. The van der Waals surface area contributed by atoms with Crippen LogP contribution in [0, 0.1) is 0 Å². The van der Waals surface area contributed by atoms with Gasteiger partial charge >= 0.3 is 5.97 Å².